The lowest BCUT2D eigenvalue weighted by Crippen LogP contribution is -2.59. The highest BCUT2D eigenvalue weighted by Crippen LogP contribution is 2.35. The molecule has 0 radical (unpaired) electrons. The standard InChI is InChI=1S/C12H13Cl3N2O7/c13-3-5(16)4(14)10(15)17-6(3)11(22)24-12-9(21)8(20)7(19)2(1-18)23-12/h2,7-9,12,18-21H,1H2,(H2,16,17)/t2-,7+,8+,9-,12+/m1/s1. The van der Waals surface area contributed by atoms with Crippen LogP contribution in [-0.2, 0) is 9.47 Å². The van der Waals surface area contributed by atoms with Crippen molar-refractivity contribution in [3.8, 4) is 0 Å². The monoisotopic (exact) mass is 402 g/mol. The van der Waals surface area contributed by atoms with Crippen LogP contribution < -0.4 is 5.73 Å². The second-order valence-corrected chi connectivity index (χ2v) is 6.01. The molecule has 0 aliphatic carbocycles. The SMILES string of the molecule is Nc1c(Cl)c(Cl)nc(C(=O)O[C@@H]2O[C@H](CO)[C@H](O)[C@H](O)[C@H]2O)c1Cl. The zero-order chi connectivity index (χ0) is 18.2. The first kappa shape index (κ1) is 19.4. The minimum Gasteiger partial charge on any atom is -0.428 e. The lowest BCUT2D eigenvalue weighted by molar-refractivity contribution is -0.285. The number of aliphatic hydroxyl groups is 4. The smallest absolute Gasteiger partial charge is 0.361 e. The van der Waals surface area contributed by atoms with Crippen molar-refractivity contribution in [1.82, 2.24) is 4.98 Å². The Morgan fingerprint density at radius 2 is 1.79 bits per heavy atom. The first-order valence-corrected chi connectivity index (χ1v) is 7.63. The van der Waals surface area contributed by atoms with Gasteiger partial charge in [-0.15, -0.1) is 0 Å². The number of nitrogen functional groups attached to an aromatic ring is 1. The van der Waals surface area contributed by atoms with Crippen LogP contribution in [0.25, 0.3) is 0 Å². The molecule has 5 atom stereocenters. The van der Waals surface area contributed by atoms with Gasteiger partial charge in [-0.1, -0.05) is 34.8 Å². The van der Waals surface area contributed by atoms with Gasteiger partial charge in [0, 0.05) is 0 Å². The highest BCUT2D eigenvalue weighted by atomic mass is 35.5. The maximum atomic E-state index is 12.2. The number of hydrogen-bond donors (Lipinski definition) is 5. The van der Waals surface area contributed by atoms with Gasteiger partial charge in [-0.2, -0.15) is 0 Å². The van der Waals surface area contributed by atoms with E-state index in [9.17, 15) is 20.1 Å². The molecule has 24 heavy (non-hydrogen) atoms. The summed E-state index contributed by atoms with van der Waals surface area (Å²) in [6, 6.07) is 0. The first-order chi connectivity index (χ1) is 11.2. The second kappa shape index (κ2) is 7.54. The fourth-order valence-electron chi connectivity index (χ4n) is 1.99. The number of anilines is 1. The average Bonchev–Trinajstić information content (AvgIpc) is 2.56. The van der Waals surface area contributed by atoms with Crippen LogP contribution in [0.4, 0.5) is 5.69 Å². The maximum absolute atomic E-state index is 12.2. The van der Waals surface area contributed by atoms with Crippen molar-refractivity contribution in [3.63, 3.8) is 0 Å². The molecule has 0 unspecified atom stereocenters. The van der Waals surface area contributed by atoms with Crippen LogP contribution in [0.1, 0.15) is 10.5 Å². The molecule has 0 aromatic carbocycles. The molecule has 0 amide bonds. The van der Waals surface area contributed by atoms with Gasteiger partial charge >= 0.3 is 5.97 Å². The molecule has 6 N–H and O–H groups in total. The van der Waals surface area contributed by atoms with Crippen LogP contribution in [0.2, 0.25) is 15.2 Å². The number of nitrogens with zero attached hydrogens (tertiary/aromatic N) is 1. The van der Waals surface area contributed by atoms with E-state index in [1.165, 1.54) is 0 Å². The van der Waals surface area contributed by atoms with E-state index in [2.05, 4.69) is 4.98 Å². The molecule has 2 heterocycles. The zero-order valence-corrected chi connectivity index (χ0v) is 14.0. The van der Waals surface area contributed by atoms with Crippen molar-refractivity contribution < 1.29 is 34.7 Å². The molecule has 1 fully saturated rings. The molecule has 1 aliphatic rings. The molecular formula is C12H13Cl3N2O7. The molecule has 0 bridgehead atoms. The van der Waals surface area contributed by atoms with Gasteiger partial charge < -0.3 is 35.6 Å². The fourth-order valence-corrected chi connectivity index (χ4v) is 2.58. The Balaban J connectivity index is 2.23. The molecule has 134 valence electrons. The lowest BCUT2D eigenvalue weighted by atomic mass is 9.99. The summed E-state index contributed by atoms with van der Waals surface area (Å²) in [5.74, 6) is -1.17. The Kier molecular flexibility index (Phi) is 6.10. The van der Waals surface area contributed by atoms with Crippen LogP contribution in [0.3, 0.4) is 0 Å². The van der Waals surface area contributed by atoms with Gasteiger partial charge in [-0.25, -0.2) is 9.78 Å². The Morgan fingerprint density at radius 1 is 1.17 bits per heavy atom. The highest BCUT2D eigenvalue weighted by molar-refractivity contribution is 6.46. The van der Waals surface area contributed by atoms with Gasteiger partial charge in [0.2, 0.25) is 6.29 Å². The number of carbonyl (C=O) groups excluding carboxylic acids is 1. The summed E-state index contributed by atoms with van der Waals surface area (Å²) in [5, 5.41) is 37.4. The van der Waals surface area contributed by atoms with Crippen LogP contribution in [0, 0.1) is 0 Å². The molecule has 1 aliphatic heterocycles. The average molecular weight is 404 g/mol. The number of ether oxygens (including phenoxy) is 2. The Labute approximate surface area is 150 Å². The van der Waals surface area contributed by atoms with Gasteiger partial charge in [0.05, 0.1) is 17.3 Å². The number of rotatable bonds is 3. The normalized spacial score (nSPS) is 30.2. The number of aliphatic hydroxyl groups excluding tert-OH is 4. The quantitative estimate of drug-likeness (QED) is 0.334. The van der Waals surface area contributed by atoms with Crippen molar-refractivity contribution >= 4 is 46.5 Å². The van der Waals surface area contributed by atoms with E-state index in [4.69, 9.17) is 55.1 Å². The number of hydrogen-bond acceptors (Lipinski definition) is 9. The minimum atomic E-state index is -1.77. The van der Waals surface area contributed by atoms with Crippen LogP contribution in [0.5, 0.6) is 0 Å². The highest BCUT2D eigenvalue weighted by Gasteiger charge is 2.45. The van der Waals surface area contributed by atoms with E-state index < -0.39 is 49.0 Å². The van der Waals surface area contributed by atoms with Crippen molar-refractivity contribution in [2.24, 2.45) is 0 Å². The molecule has 0 spiro atoms. The van der Waals surface area contributed by atoms with E-state index >= 15 is 0 Å². The third-order valence-electron chi connectivity index (χ3n) is 3.34. The molecule has 1 aromatic rings. The largest absolute Gasteiger partial charge is 0.428 e. The number of aromatic nitrogens is 1. The van der Waals surface area contributed by atoms with Crippen LogP contribution in [0.15, 0.2) is 0 Å². The van der Waals surface area contributed by atoms with Crippen LogP contribution in [-0.4, -0.2) is 68.7 Å². The second-order valence-electron chi connectivity index (χ2n) is 4.90. The molecule has 0 saturated carbocycles. The van der Waals surface area contributed by atoms with E-state index in [-0.39, 0.29) is 20.9 Å². The van der Waals surface area contributed by atoms with Gasteiger partial charge in [0.15, 0.2) is 10.8 Å². The van der Waals surface area contributed by atoms with Crippen molar-refractivity contribution in [2.45, 2.75) is 30.7 Å². The maximum Gasteiger partial charge on any atom is 0.361 e. The molecule has 1 saturated heterocycles. The lowest BCUT2D eigenvalue weighted by Gasteiger charge is -2.39. The van der Waals surface area contributed by atoms with Crippen molar-refractivity contribution in [2.75, 3.05) is 12.3 Å². The van der Waals surface area contributed by atoms with E-state index in [0.29, 0.717) is 0 Å². The summed E-state index contributed by atoms with van der Waals surface area (Å²) < 4.78 is 9.91. The van der Waals surface area contributed by atoms with Gasteiger partial charge in [0.25, 0.3) is 0 Å². The zero-order valence-electron chi connectivity index (χ0n) is 11.8. The summed E-state index contributed by atoms with van der Waals surface area (Å²) in [6.07, 6.45) is -8.02. The van der Waals surface area contributed by atoms with E-state index in [1.807, 2.05) is 0 Å². The third-order valence-corrected chi connectivity index (χ3v) is 4.47. The topological polar surface area (TPSA) is 155 Å². The summed E-state index contributed by atoms with van der Waals surface area (Å²) in [7, 11) is 0. The van der Waals surface area contributed by atoms with Crippen LogP contribution >= 0.6 is 34.8 Å². The molecule has 1 aromatic heterocycles. The van der Waals surface area contributed by atoms with Gasteiger partial charge in [-0.3, -0.25) is 0 Å². The summed E-state index contributed by atoms with van der Waals surface area (Å²) in [5.41, 5.74) is 4.90. The summed E-state index contributed by atoms with van der Waals surface area (Å²) >= 11 is 17.3. The number of esters is 1. The Hall–Kier alpha value is -0.910. The van der Waals surface area contributed by atoms with Gasteiger partial charge in [-0.05, 0) is 0 Å². The Bertz CT molecular complexity index is 646. The summed E-state index contributed by atoms with van der Waals surface area (Å²) in [6.45, 7) is -0.683. The number of nitrogens with two attached hydrogens (primary N) is 1. The minimum absolute atomic E-state index is 0.147. The summed E-state index contributed by atoms with van der Waals surface area (Å²) in [4.78, 5) is 15.8. The fraction of sp³-hybridized carbons (Fsp3) is 0.500. The van der Waals surface area contributed by atoms with Crippen molar-refractivity contribution in [1.29, 1.82) is 0 Å². The molecular weight excluding hydrogens is 390 g/mol. The number of halogens is 3. The molecule has 9 nitrogen and oxygen atoms in total. The number of pyridine rings is 1. The van der Waals surface area contributed by atoms with Crippen molar-refractivity contribution in [3.05, 3.63) is 20.9 Å². The Morgan fingerprint density at radius 3 is 2.38 bits per heavy atom. The van der Waals surface area contributed by atoms with E-state index in [0.717, 1.165) is 0 Å². The van der Waals surface area contributed by atoms with Gasteiger partial charge in [0.1, 0.15) is 29.4 Å². The predicted molar refractivity (Wildman–Crippen MR) is 82.9 cm³/mol. The predicted octanol–water partition coefficient (Wildman–Crippen LogP) is -0.419. The first-order valence-electron chi connectivity index (χ1n) is 6.50. The third kappa shape index (κ3) is 3.53. The number of carbonyl (C=O) groups is 1. The van der Waals surface area contributed by atoms with E-state index in [1.54, 1.807) is 0 Å². The molecule has 12 heteroatoms. The molecule has 2 rings (SSSR count).